The summed E-state index contributed by atoms with van der Waals surface area (Å²) in [4.78, 5) is 18.6. The minimum absolute atomic E-state index is 0.0632. The van der Waals surface area contributed by atoms with Crippen LogP contribution in [0.1, 0.15) is 12.0 Å². The SMILES string of the molecule is O=C1N[C@@H]2COC[C@H]1CN(Cc1ccccc1OCCCn1ccnc1)C2. The molecular formula is C20H26N4O3. The van der Waals surface area contributed by atoms with Gasteiger partial charge in [-0.1, -0.05) is 18.2 Å². The lowest BCUT2D eigenvalue weighted by Crippen LogP contribution is -2.41. The predicted molar refractivity (Wildman–Crippen MR) is 100 cm³/mol. The number of amides is 1. The Hall–Kier alpha value is -2.38. The van der Waals surface area contributed by atoms with Crippen LogP contribution in [0, 0.1) is 5.92 Å². The van der Waals surface area contributed by atoms with E-state index in [1.165, 1.54) is 0 Å². The maximum Gasteiger partial charge on any atom is 0.227 e. The van der Waals surface area contributed by atoms with Crippen molar-refractivity contribution in [1.29, 1.82) is 0 Å². The molecule has 0 spiro atoms. The van der Waals surface area contributed by atoms with Crippen LogP contribution in [0.15, 0.2) is 43.0 Å². The Balaban J connectivity index is 1.35. The summed E-state index contributed by atoms with van der Waals surface area (Å²) in [7, 11) is 0. The highest BCUT2D eigenvalue weighted by Crippen LogP contribution is 2.22. The van der Waals surface area contributed by atoms with Crippen LogP contribution in [0.2, 0.25) is 0 Å². The van der Waals surface area contributed by atoms with Crippen LogP contribution in [0.5, 0.6) is 5.75 Å². The Morgan fingerprint density at radius 3 is 3.07 bits per heavy atom. The number of para-hydroxylation sites is 1. The highest BCUT2D eigenvalue weighted by atomic mass is 16.5. The number of nitrogens with zero attached hydrogens (tertiary/aromatic N) is 3. The average Bonchev–Trinajstić information content (AvgIpc) is 3.05. The lowest BCUT2D eigenvalue weighted by molar-refractivity contribution is -0.125. The summed E-state index contributed by atoms with van der Waals surface area (Å²) in [6.07, 6.45) is 6.50. The van der Waals surface area contributed by atoms with E-state index in [-0.39, 0.29) is 17.9 Å². The fourth-order valence-electron chi connectivity index (χ4n) is 3.71. The lowest BCUT2D eigenvalue weighted by atomic mass is 10.1. The van der Waals surface area contributed by atoms with Crippen LogP contribution in [0.4, 0.5) is 0 Å². The molecule has 2 fully saturated rings. The van der Waals surface area contributed by atoms with Gasteiger partial charge in [0.25, 0.3) is 0 Å². The number of hydrogen-bond acceptors (Lipinski definition) is 5. The molecular weight excluding hydrogens is 344 g/mol. The van der Waals surface area contributed by atoms with Crippen LogP contribution in [-0.4, -0.2) is 59.3 Å². The maximum atomic E-state index is 12.2. The third-order valence-electron chi connectivity index (χ3n) is 5.06. The van der Waals surface area contributed by atoms with Gasteiger partial charge in [-0.15, -0.1) is 0 Å². The van der Waals surface area contributed by atoms with Gasteiger partial charge in [0.1, 0.15) is 5.75 Å². The molecule has 2 aliphatic heterocycles. The molecule has 2 aromatic rings. The molecule has 4 rings (SSSR count). The van der Waals surface area contributed by atoms with Gasteiger partial charge in [-0.05, 0) is 12.5 Å². The quantitative estimate of drug-likeness (QED) is 0.744. The number of nitrogens with one attached hydrogen (secondary N) is 1. The lowest BCUT2D eigenvalue weighted by Gasteiger charge is -2.28. The standard InChI is InChI=1S/C20H26N4O3/c25-20-17-11-24(12-18(22-20)14-26-13-17)10-16-4-1-2-5-19(16)27-9-3-7-23-8-6-21-15-23/h1-2,4-6,8,15,17-18H,3,7,9-14H2,(H,22,25)/t17-,18+/m1/s1. The molecule has 2 atom stereocenters. The zero-order chi connectivity index (χ0) is 18.5. The predicted octanol–water partition coefficient (Wildman–Crippen LogP) is 1.30. The summed E-state index contributed by atoms with van der Waals surface area (Å²) < 4.78 is 13.7. The summed E-state index contributed by atoms with van der Waals surface area (Å²) in [5.41, 5.74) is 1.16. The maximum absolute atomic E-state index is 12.2. The van der Waals surface area contributed by atoms with Crippen molar-refractivity contribution in [3.8, 4) is 5.75 Å². The first-order chi connectivity index (χ1) is 13.3. The molecule has 1 aromatic heterocycles. The Morgan fingerprint density at radius 2 is 2.19 bits per heavy atom. The minimum Gasteiger partial charge on any atom is -0.493 e. The molecule has 144 valence electrons. The van der Waals surface area contributed by atoms with Gasteiger partial charge in [0.15, 0.2) is 0 Å². The third kappa shape index (κ3) is 4.67. The monoisotopic (exact) mass is 370 g/mol. The van der Waals surface area contributed by atoms with Gasteiger partial charge < -0.3 is 19.4 Å². The molecule has 1 N–H and O–H groups in total. The first-order valence-corrected chi connectivity index (χ1v) is 9.55. The van der Waals surface area contributed by atoms with Crippen LogP contribution >= 0.6 is 0 Å². The van der Waals surface area contributed by atoms with Crippen molar-refractivity contribution >= 4 is 5.91 Å². The number of ether oxygens (including phenoxy) is 2. The van der Waals surface area contributed by atoms with Gasteiger partial charge in [0.05, 0.1) is 38.1 Å². The second-order valence-electron chi connectivity index (χ2n) is 7.24. The van der Waals surface area contributed by atoms with Crippen molar-refractivity contribution in [2.75, 3.05) is 32.9 Å². The molecule has 1 amide bonds. The molecule has 2 aliphatic rings. The van der Waals surface area contributed by atoms with Crippen molar-refractivity contribution in [1.82, 2.24) is 19.8 Å². The fourth-order valence-corrected chi connectivity index (χ4v) is 3.71. The molecule has 0 aliphatic carbocycles. The molecule has 0 saturated carbocycles. The second kappa shape index (κ2) is 8.54. The number of fused-ring (bicyclic) bond motifs is 3. The van der Waals surface area contributed by atoms with E-state index in [2.05, 4.69) is 25.8 Å². The molecule has 2 bridgehead atoms. The van der Waals surface area contributed by atoms with Crippen molar-refractivity contribution < 1.29 is 14.3 Å². The third-order valence-corrected chi connectivity index (χ3v) is 5.06. The summed E-state index contributed by atoms with van der Waals surface area (Å²) in [6, 6.07) is 8.24. The summed E-state index contributed by atoms with van der Waals surface area (Å²) in [6.45, 7) is 4.95. The zero-order valence-electron chi connectivity index (χ0n) is 15.4. The highest BCUT2D eigenvalue weighted by Gasteiger charge is 2.33. The molecule has 0 unspecified atom stereocenters. The van der Waals surface area contributed by atoms with Gasteiger partial charge in [-0.2, -0.15) is 0 Å². The number of benzene rings is 1. The van der Waals surface area contributed by atoms with E-state index in [1.54, 1.807) is 6.20 Å². The fraction of sp³-hybridized carbons (Fsp3) is 0.500. The molecule has 2 saturated heterocycles. The average molecular weight is 370 g/mol. The van der Waals surface area contributed by atoms with E-state index >= 15 is 0 Å². The topological polar surface area (TPSA) is 68.6 Å². The summed E-state index contributed by atoms with van der Waals surface area (Å²) in [5, 5.41) is 3.08. The number of imidazole rings is 1. The van der Waals surface area contributed by atoms with Crippen molar-refractivity contribution in [2.24, 2.45) is 5.92 Å². The van der Waals surface area contributed by atoms with Crippen LogP contribution in [-0.2, 0) is 22.6 Å². The summed E-state index contributed by atoms with van der Waals surface area (Å²) in [5.74, 6) is 0.942. The van der Waals surface area contributed by atoms with Crippen LogP contribution < -0.4 is 10.1 Å². The van der Waals surface area contributed by atoms with Gasteiger partial charge in [-0.3, -0.25) is 9.69 Å². The Morgan fingerprint density at radius 1 is 1.26 bits per heavy atom. The van der Waals surface area contributed by atoms with E-state index in [0.29, 0.717) is 19.8 Å². The number of hydrogen-bond donors (Lipinski definition) is 1. The summed E-state index contributed by atoms with van der Waals surface area (Å²) >= 11 is 0. The van der Waals surface area contributed by atoms with Gasteiger partial charge >= 0.3 is 0 Å². The van der Waals surface area contributed by atoms with E-state index in [1.807, 2.05) is 30.7 Å². The second-order valence-corrected chi connectivity index (χ2v) is 7.24. The first kappa shape index (κ1) is 18.0. The molecule has 1 aromatic carbocycles. The number of carbonyl (C=O) groups excluding carboxylic acids is 1. The van der Waals surface area contributed by atoms with Gasteiger partial charge in [0, 0.05) is 44.1 Å². The largest absolute Gasteiger partial charge is 0.493 e. The molecule has 0 radical (unpaired) electrons. The molecule has 7 heteroatoms. The van der Waals surface area contributed by atoms with E-state index in [4.69, 9.17) is 9.47 Å². The van der Waals surface area contributed by atoms with E-state index in [0.717, 1.165) is 43.9 Å². The molecule has 27 heavy (non-hydrogen) atoms. The van der Waals surface area contributed by atoms with Crippen LogP contribution in [0.25, 0.3) is 0 Å². The smallest absolute Gasteiger partial charge is 0.227 e. The first-order valence-electron chi connectivity index (χ1n) is 9.55. The van der Waals surface area contributed by atoms with Crippen molar-refractivity contribution in [3.05, 3.63) is 48.5 Å². The Labute approximate surface area is 159 Å². The number of aryl methyl sites for hydroxylation is 1. The van der Waals surface area contributed by atoms with Crippen LogP contribution in [0.3, 0.4) is 0 Å². The Kier molecular flexibility index (Phi) is 5.69. The van der Waals surface area contributed by atoms with Gasteiger partial charge in [0.2, 0.25) is 5.91 Å². The van der Waals surface area contributed by atoms with Gasteiger partial charge in [-0.25, -0.2) is 4.98 Å². The highest BCUT2D eigenvalue weighted by molar-refractivity contribution is 5.79. The normalized spacial score (nSPS) is 22.9. The van der Waals surface area contributed by atoms with Crippen molar-refractivity contribution in [3.63, 3.8) is 0 Å². The Bertz CT molecular complexity index is 749. The van der Waals surface area contributed by atoms with E-state index in [9.17, 15) is 4.79 Å². The number of aromatic nitrogens is 2. The molecule has 7 nitrogen and oxygen atoms in total. The minimum atomic E-state index is -0.0965. The van der Waals surface area contributed by atoms with E-state index < -0.39 is 0 Å². The number of carbonyl (C=O) groups is 1. The van der Waals surface area contributed by atoms with Crippen molar-refractivity contribution in [2.45, 2.75) is 25.6 Å². The zero-order valence-corrected chi connectivity index (χ0v) is 15.4. The molecule has 3 heterocycles. The number of rotatable bonds is 7.